The molecule has 0 heterocycles. The third kappa shape index (κ3) is 2.49. The van der Waals surface area contributed by atoms with E-state index in [4.69, 9.17) is 11.7 Å². The van der Waals surface area contributed by atoms with Crippen LogP contribution in [0.15, 0.2) is 0 Å². The highest BCUT2D eigenvalue weighted by Crippen LogP contribution is 1.81. The van der Waals surface area contributed by atoms with E-state index in [0.29, 0.717) is 0 Å². The molecule has 0 spiro atoms. The van der Waals surface area contributed by atoms with E-state index in [1.165, 1.54) is 14.2 Å². The molecule has 0 amide bonds. The van der Waals surface area contributed by atoms with E-state index < -0.39 is 5.03 Å². The summed E-state index contributed by atoms with van der Waals surface area (Å²) in [5.41, 5.74) is 0. The molecule has 0 fully saturated rings. The Kier molecular flexibility index (Phi) is 2.13. The highest BCUT2D eigenvalue weighted by molar-refractivity contribution is 3.54. The van der Waals surface area contributed by atoms with Crippen molar-refractivity contribution in [1.82, 2.24) is 0 Å². The molecule has 7 heavy (non-hydrogen) atoms. The Bertz CT molecular complexity index is 48.9. The fourth-order valence-electron chi connectivity index (χ4n) is 0.0745. The number of hydrogen-bond donors (Lipinski definition) is 2. The van der Waals surface area contributed by atoms with Gasteiger partial charge in [-0.2, -0.15) is 0 Å². The summed E-state index contributed by atoms with van der Waals surface area (Å²) in [6.45, 7) is 0. The van der Waals surface area contributed by atoms with Crippen molar-refractivity contribution in [3.8, 4) is 0 Å². The predicted octanol–water partition coefficient (Wildman–Crippen LogP) is -1.33. The van der Waals surface area contributed by atoms with Crippen molar-refractivity contribution in [2.75, 3.05) is 14.2 Å². The monoisotopic (exact) mass is 108 g/mol. The summed E-state index contributed by atoms with van der Waals surface area (Å²) in [5, 5.41) is -0.861. The van der Waals surface area contributed by atoms with E-state index in [1.54, 1.807) is 0 Å². The molecule has 0 radical (unpaired) electrons. The second-order valence-electron chi connectivity index (χ2n) is 1.01. The first kappa shape index (κ1) is 6.80. The first-order chi connectivity index (χ1) is 3.12. The minimum atomic E-state index is -0.861. The van der Waals surface area contributed by atoms with Crippen LogP contribution in [0.2, 0.25) is 0 Å². The number of quaternary nitrogens is 1. The van der Waals surface area contributed by atoms with Crippen LogP contribution >= 0.6 is 0 Å². The van der Waals surface area contributed by atoms with Crippen molar-refractivity contribution in [3.05, 3.63) is 0 Å². The fourth-order valence-corrected chi connectivity index (χ4v) is 0.0745. The molecule has 0 atom stereocenters. The van der Waals surface area contributed by atoms with E-state index in [2.05, 4.69) is 9.68 Å². The second kappa shape index (κ2) is 2.20. The average molecular weight is 108 g/mol. The van der Waals surface area contributed by atoms with Crippen LogP contribution in [0.3, 0.4) is 0 Å². The fraction of sp³-hybridized carbons (Fsp3) is 1.00. The zero-order valence-electron chi connectivity index (χ0n) is 4.42. The third-order valence-electron chi connectivity index (χ3n) is 0.571. The van der Waals surface area contributed by atoms with Gasteiger partial charge in [0.05, 0.1) is 0 Å². The molecule has 4 N–H and O–H groups in total. The topological polar surface area (TPSA) is 70.5 Å². The Morgan fingerprint density at radius 1 is 1.14 bits per heavy atom. The zero-order chi connectivity index (χ0) is 5.91. The summed E-state index contributed by atoms with van der Waals surface area (Å²) >= 11 is 0. The van der Waals surface area contributed by atoms with Gasteiger partial charge in [-0.15, -0.1) is 9.68 Å². The highest BCUT2D eigenvalue weighted by Gasteiger charge is 2.13. The predicted molar refractivity (Wildman–Crippen MR) is 22.7 cm³/mol. The van der Waals surface area contributed by atoms with Gasteiger partial charge in [0.1, 0.15) is 19.2 Å². The molecule has 0 rings (SSSR count). The molecule has 0 aromatic rings. The molecule has 0 aliphatic heterocycles. The molecule has 5 nitrogen and oxygen atoms in total. The average Bonchev–Trinajstić information content (AvgIpc) is 1.68. The molecule has 0 unspecified atom stereocenters. The van der Waals surface area contributed by atoms with Crippen molar-refractivity contribution in [2.24, 2.45) is 11.7 Å². The standard InChI is InChI=1S/C2H10N3O2/c1-6-5(3,4)7-2/h3-4H2,1-2H3/q+1. The van der Waals surface area contributed by atoms with Gasteiger partial charge in [0, 0.05) is 0 Å². The normalized spacial score (nSPS) is 12.0. The molecule has 0 aliphatic carbocycles. The van der Waals surface area contributed by atoms with Crippen LogP contribution in [0, 0.1) is 0 Å². The lowest BCUT2D eigenvalue weighted by atomic mass is 11.7. The molecular weight excluding hydrogens is 98.0 g/mol. The van der Waals surface area contributed by atoms with Gasteiger partial charge in [-0.1, -0.05) is 11.7 Å². The molecular formula is C2H10N3O2+. The number of nitrogens with two attached hydrogens (primary N) is 2. The molecule has 44 valence electrons. The van der Waals surface area contributed by atoms with Crippen molar-refractivity contribution >= 4 is 0 Å². The van der Waals surface area contributed by atoms with Crippen LogP contribution in [0.25, 0.3) is 0 Å². The molecule has 0 aliphatic rings. The van der Waals surface area contributed by atoms with Crippen molar-refractivity contribution in [3.63, 3.8) is 0 Å². The van der Waals surface area contributed by atoms with E-state index >= 15 is 0 Å². The minimum absolute atomic E-state index is 0.861. The van der Waals surface area contributed by atoms with Crippen molar-refractivity contribution in [2.45, 2.75) is 0 Å². The first-order valence-electron chi connectivity index (χ1n) is 1.70. The van der Waals surface area contributed by atoms with Gasteiger partial charge in [0.15, 0.2) is 0 Å². The third-order valence-corrected chi connectivity index (χ3v) is 0.571. The summed E-state index contributed by atoms with van der Waals surface area (Å²) < 4.78 is 0. The number of nitrogens with zero attached hydrogens (tertiary/aromatic N) is 1. The summed E-state index contributed by atoms with van der Waals surface area (Å²) in [5.74, 6) is 9.97. The lowest BCUT2D eigenvalue weighted by Crippen LogP contribution is -2.58. The Hall–Kier alpha value is -0.200. The van der Waals surface area contributed by atoms with Gasteiger partial charge in [0.2, 0.25) is 0 Å². The summed E-state index contributed by atoms with van der Waals surface area (Å²) in [7, 11) is 2.67. The Morgan fingerprint density at radius 2 is 1.43 bits per heavy atom. The molecule has 0 aromatic heterocycles. The molecule has 0 bridgehead atoms. The Morgan fingerprint density at radius 3 is 1.43 bits per heavy atom. The first-order valence-corrected chi connectivity index (χ1v) is 1.70. The molecule has 0 aromatic carbocycles. The second-order valence-corrected chi connectivity index (χ2v) is 1.01. The molecule has 0 saturated heterocycles. The lowest BCUT2D eigenvalue weighted by molar-refractivity contribution is -1.26. The zero-order valence-corrected chi connectivity index (χ0v) is 4.42. The van der Waals surface area contributed by atoms with Crippen LogP contribution in [0.4, 0.5) is 0 Å². The van der Waals surface area contributed by atoms with Crippen LogP contribution in [-0.2, 0) is 9.68 Å². The van der Waals surface area contributed by atoms with Gasteiger partial charge in [-0.05, 0) is 0 Å². The summed E-state index contributed by atoms with van der Waals surface area (Å²) in [6.07, 6.45) is 0. The van der Waals surface area contributed by atoms with Crippen molar-refractivity contribution < 1.29 is 14.7 Å². The largest absolute Gasteiger partial charge is 0.128 e. The van der Waals surface area contributed by atoms with E-state index in [0.717, 1.165) is 0 Å². The molecule has 5 heteroatoms. The molecule has 0 saturated carbocycles. The highest BCUT2D eigenvalue weighted by atomic mass is 17.0. The summed E-state index contributed by atoms with van der Waals surface area (Å²) in [6, 6.07) is 0. The van der Waals surface area contributed by atoms with Crippen LogP contribution < -0.4 is 11.7 Å². The van der Waals surface area contributed by atoms with Gasteiger partial charge >= 0.3 is 0 Å². The lowest BCUT2D eigenvalue weighted by Gasteiger charge is -2.14. The SMILES string of the molecule is CO[N+](N)(N)OC. The quantitative estimate of drug-likeness (QED) is 0.261. The number of hydrogen-bond acceptors (Lipinski definition) is 4. The minimum Gasteiger partial charge on any atom is -0.128 e. The number of rotatable bonds is 2. The van der Waals surface area contributed by atoms with Crippen LogP contribution in [0.5, 0.6) is 0 Å². The van der Waals surface area contributed by atoms with Crippen LogP contribution in [0.1, 0.15) is 0 Å². The summed E-state index contributed by atoms with van der Waals surface area (Å²) in [4.78, 5) is 8.72. The van der Waals surface area contributed by atoms with E-state index in [-0.39, 0.29) is 0 Å². The van der Waals surface area contributed by atoms with E-state index in [1.807, 2.05) is 0 Å². The van der Waals surface area contributed by atoms with Gasteiger partial charge in [-0.25, -0.2) is 0 Å². The van der Waals surface area contributed by atoms with E-state index in [9.17, 15) is 0 Å². The maximum absolute atomic E-state index is 4.99. The maximum Gasteiger partial charge on any atom is 0.105 e. The van der Waals surface area contributed by atoms with Gasteiger partial charge < -0.3 is 0 Å². The van der Waals surface area contributed by atoms with Gasteiger partial charge in [-0.3, -0.25) is 0 Å². The Balaban J connectivity index is 3.36. The smallest absolute Gasteiger partial charge is 0.105 e. The van der Waals surface area contributed by atoms with Crippen molar-refractivity contribution in [1.29, 1.82) is 0 Å². The Labute approximate surface area is 41.8 Å². The van der Waals surface area contributed by atoms with Gasteiger partial charge in [0.25, 0.3) is 0 Å². The maximum atomic E-state index is 4.99. The van der Waals surface area contributed by atoms with Crippen LogP contribution in [-0.4, -0.2) is 19.2 Å².